The van der Waals surface area contributed by atoms with Crippen molar-refractivity contribution in [3.05, 3.63) is 46.7 Å². The Labute approximate surface area is 133 Å². The van der Waals surface area contributed by atoms with Crippen LogP contribution >= 0.6 is 15.9 Å². The third kappa shape index (κ3) is 3.66. The van der Waals surface area contributed by atoms with Crippen LogP contribution in [0.4, 0.5) is 5.69 Å². The highest BCUT2D eigenvalue weighted by atomic mass is 79.9. The molecule has 0 bridgehead atoms. The van der Waals surface area contributed by atoms with E-state index in [0.29, 0.717) is 16.7 Å². The molecule has 1 aromatic heterocycles. The summed E-state index contributed by atoms with van der Waals surface area (Å²) in [5.74, 6) is 0. The van der Waals surface area contributed by atoms with E-state index in [1.165, 1.54) is 0 Å². The molecule has 0 amide bonds. The Bertz CT molecular complexity index is 726. The quantitative estimate of drug-likeness (QED) is 0.820. The van der Waals surface area contributed by atoms with Gasteiger partial charge in [-0.1, -0.05) is 12.1 Å². The summed E-state index contributed by atoms with van der Waals surface area (Å²) in [5.41, 5.74) is 1.46. The molecule has 0 aliphatic rings. The van der Waals surface area contributed by atoms with Crippen LogP contribution in [0.5, 0.6) is 0 Å². The van der Waals surface area contributed by atoms with Gasteiger partial charge in [0.2, 0.25) is 0 Å². The number of hydrogen-bond donors (Lipinski definition) is 2. The molecule has 2 N–H and O–H groups in total. The van der Waals surface area contributed by atoms with Gasteiger partial charge in [-0.25, -0.2) is 8.42 Å². The normalized spacial score (nSPS) is 11.6. The van der Waals surface area contributed by atoms with Gasteiger partial charge < -0.3 is 9.88 Å². The first-order valence-corrected chi connectivity index (χ1v) is 8.86. The monoisotopic (exact) mass is 371 g/mol. The van der Waals surface area contributed by atoms with Crippen LogP contribution in [-0.2, 0) is 23.1 Å². The summed E-state index contributed by atoms with van der Waals surface area (Å²) in [6, 6.07) is 8.82. The molecule has 2 aromatic rings. The zero-order chi connectivity index (χ0) is 15.5. The molecule has 0 unspecified atom stereocenters. The lowest BCUT2D eigenvalue weighted by molar-refractivity contribution is 0.600. The van der Waals surface area contributed by atoms with E-state index >= 15 is 0 Å². The highest BCUT2D eigenvalue weighted by Gasteiger charge is 2.19. The molecule has 21 heavy (non-hydrogen) atoms. The Kier molecular flexibility index (Phi) is 5.08. The predicted octanol–water partition coefficient (Wildman–Crippen LogP) is 2.79. The van der Waals surface area contributed by atoms with Crippen LogP contribution < -0.4 is 10.0 Å². The first kappa shape index (κ1) is 16.1. The minimum atomic E-state index is -3.59. The van der Waals surface area contributed by atoms with Gasteiger partial charge in [0.05, 0.1) is 5.69 Å². The summed E-state index contributed by atoms with van der Waals surface area (Å²) in [7, 11) is -1.76. The average molecular weight is 372 g/mol. The maximum absolute atomic E-state index is 12.5. The Hall–Kier alpha value is -1.31. The molecule has 0 saturated heterocycles. The molecule has 0 radical (unpaired) electrons. The van der Waals surface area contributed by atoms with Crippen molar-refractivity contribution >= 4 is 31.6 Å². The number of rotatable bonds is 6. The molecule has 0 spiro atoms. The van der Waals surface area contributed by atoms with Gasteiger partial charge >= 0.3 is 0 Å². The third-order valence-electron chi connectivity index (χ3n) is 3.09. The highest BCUT2D eigenvalue weighted by Crippen LogP contribution is 2.25. The molecular weight excluding hydrogens is 354 g/mol. The van der Waals surface area contributed by atoms with Crippen LogP contribution in [0.25, 0.3) is 0 Å². The predicted molar refractivity (Wildman–Crippen MR) is 87.8 cm³/mol. The maximum atomic E-state index is 12.5. The molecule has 1 aromatic carbocycles. The number of anilines is 1. The zero-order valence-electron chi connectivity index (χ0n) is 11.9. The van der Waals surface area contributed by atoms with Gasteiger partial charge in [-0.15, -0.1) is 0 Å². The van der Waals surface area contributed by atoms with Crippen molar-refractivity contribution in [2.75, 3.05) is 11.8 Å². The van der Waals surface area contributed by atoms with Crippen molar-refractivity contribution < 1.29 is 8.42 Å². The summed E-state index contributed by atoms with van der Waals surface area (Å²) < 4.78 is 30.2. The summed E-state index contributed by atoms with van der Waals surface area (Å²) in [4.78, 5) is 0.269. The largest absolute Gasteiger partial charge is 0.349 e. The molecule has 2 rings (SSSR count). The first-order valence-electron chi connectivity index (χ1n) is 6.59. The van der Waals surface area contributed by atoms with Gasteiger partial charge in [0.15, 0.2) is 0 Å². The topological polar surface area (TPSA) is 63.1 Å². The number of nitrogens with zero attached hydrogens (tertiary/aromatic N) is 1. The van der Waals surface area contributed by atoms with Crippen molar-refractivity contribution in [2.24, 2.45) is 0 Å². The van der Waals surface area contributed by atoms with Crippen LogP contribution in [0, 0.1) is 0 Å². The lowest BCUT2D eigenvalue weighted by Crippen LogP contribution is -2.12. The molecule has 0 aliphatic carbocycles. The van der Waals surface area contributed by atoms with Crippen molar-refractivity contribution in [1.82, 2.24) is 9.88 Å². The number of hydrogen-bond acceptors (Lipinski definition) is 3. The van der Waals surface area contributed by atoms with E-state index in [4.69, 9.17) is 0 Å². The molecule has 0 fully saturated rings. The smallest absolute Gasteiger partial charge is 0.263 e. The van der Waals surface area contributed by atoms with Crippen molar-refractivity contribution in [1.29, 1.82) is 0 Å². The fourth-order valence-corrected chi connectivity index (χ4v) is 3.70. The second-order valence-corrected chi connectivity index (χ2v) is 7.11. The SMILES string of the molecule is CCn1cc(S(=O)(=O)Nc2ccccc2Br)cc1CNC. The van der Waals surface area contributed by atoms with Gasteiger partial charge in [0, 0.05) is 29.5 Å². The highest BCUT2D eigenvalue weighted by molar-refractivity contribution is 9.10. The van der Waals surface area contributed by atoms with Crippen LogP contribution in [0.2, 0.25) is 0 Å². The number of halogens is 1. The summed E-state index contributed by atoms with van der Waals surface area (Å²) in [6.45, 7) is 3.33. The molecule has 114 valence electrons. The van der Waals surface area contributed by atoms with Crippen molar-refractivity contribution in [3.63, 3.8) is 0 Å². The van der Waals surface area contributed by atoms with Crippen LogP contribution in [-0.4, -0.2) is 20.0 Å². The van der Waals surface area contributed by atoms with Crippen LogP contribution in [0.3, 0.4) is 0 Å². The lowest BCUT2D eigenvalue weighted by Gasteiger charge is -2.08. The second kappa shape index (κ2) is 6.64. The van der Waals surface area contributed by atoms with Crippen LogP contribution in [0.15, 0.2) is 45.9 Å². The third-order valence-corrected chi connectivity index (χ3v) is 5.11. The fourth-order valence-electron chi connectivity index (χ4n) is 2.04. The van der Waals surface area contributed by atoms with E-state index in [-0.39, 0.29) is 4.90 Å². The first-order chi connectivity index (χ1) is 9.97. The number of sulfonamides is 1. The van der Waals surface area contributed by atoms with Gasteiger partial charge in [-0.05, 0) is 48.1 Å². The van der Waals surface area contributed by atoms with E-state index in [0.717, 1.165) is 12.2 Å². The molecule has 0 atom stereocenters. The van der Waals surface area contributed by atoms with E-state index in [9.17, 15) is 8.42 Å². The summed E-state index contributed by atoms with van der Waals surface area (Å²) in [5, 5.41) is 3.04. The fraction of sp³-hybridized carbons (Fsp3) is 0.286. The Morgan fingerprint density at radius 3 is 2.62 bits per heavy atom. The van der Waals surface area contributed by atoms with Crippen LogP contribution in [0.1, 0.15) is 12.6 Å². The summed E-state index contributed by atoms with van der Waals surface area (Å²) in [6.07, 6.45) is 1.66. The molecule has 5 nitrogen and oxygen atoms in total. The average Bonchev–Trinajstić information content (AvgIpc) is 2.86. The second-order valence-electron chi connectivity index (χ2n) is 4.57. The number of para-hydroxylation sites is 1. The number of benzene rings is 1. The van der Waals surface area contributed by atoms with E-state index in [2.05, 4.69) is 26.0 Å². The Morgan fingerprint density at radius 2 is 2.00 bits per heavy atom. The standard InChI is InChI=1S/C14H18BrN3O2S/c1-3-18-10-12(8-11(18)9-16-2)21(19,20)17-14-7-5-4-6-13(14)15/h4-8,10,16-17H,3,9H2,1-2H3. The molecular formula is C14H18BrN3O2S. The van der Waals surface area contributed by atoms with E-state index in [1.807, 2.05) is 24.6 Å². The van der Waals surface area contributed by atoms with Crippen molar-refractivity contribution in [3.8, 4) is 0 Å². The number of aryl methyl sites for hydroxylation is 1. The number of nitrogens with one attached hydrogen (secondary N) is 2. The summed E-state index contributed by atoms with van der Waals surface area (Å²) >= 11 is 3.34. The van der Waals surface area contributed by atoms with Crippen molar-refractivity contribution in [2.45, 2.75) is 24.9 Å². The van der Waals surface area contributed by atoms with Gasteiger partial charge in [-0.2, -0.15) is 0 Å². The van der Waals surface area contributed by atoms with Gasteiger partial charge in [0.1, 0.15) is 4.90 Å². The van der Waals surface area contributed by atoms with E-state index in [1.54, 1.807) is 30.5 Å². The lowest BCUT2D eigenvalue weighted by atomic mass is 10.3. The van der Waals surface area contributed by atoms with Gasteiger partial charge in [0.25, 0.3) is 10.0 Å². The Balaban J connectivity index is 2.34. The molecule has 1 heterocycles. The maximum Gasteiger partial charge on any atom is 0.263 e. The molecule has 0 aliphatic heterocycles. The minimum absolute atomic E-state index is 0.269. The number of aromatic nitrogens is 1. The van der Waals surface area contributed by atoms with Gasteiger partial charge in [-0.3, -0.25) is 4.72 Å². The molecule has 0 saturated carbocycles. The molecule has 7 heteroatoms. The zero-order valence-corrected chi connectivity index (χ0v) is 14.3. The Morgan fingerprint density at radius 1 is 1.29 bits per heavy atom. The van der Waals surface area contributed by atoms with E-state index < -0.39 is 10.0 Å². The minimum Gasteiger partial charge on any atom is -0.349 e.